The summed E-state index contributed by atoms with van der Waals surface area (Å²) in [7, 11) is -3.82. The highest BCUT2D eigenvalue weighted by atomic mass is 32.2. The van der Waals surface area contributed by atoms with E-state index in [-0.39, 0.29) is 0 Å². The Balaban J connectivity index is 1.50. The molecule has 1 aliphatic heterocycles. The highest BCUT2D eigenvalue weighted by Gasteiger charge is 2.25. The summed E-state index contributed by atoms with van der Waals surface area (Å²) in [4.78, 5) is 13.9. The Bertz CT molecular complexity index is 931. The number of nitrogens with one attached hydrogen (secondary N) is 1. The Morgan fingerprint density at radius 3 is 2.50 bits per heavy atom. The van der Waals surface area contributed by atoms with Crippen LogP contribution in [0, 0.1) is 12.8 Å². The van der Waals surface area contributed by atoms with Gasteiger partial charge in [0.05, 0.1) is 5.41 Å². The summed E-state index contributed by atoms with van der Waals surface area (Å²) in [5.41, 5.74) is 3.33. The summed E-state index contributed by atoms with van der Waals surface area (Å²) >= 11 is 0. The summed E-state index contributed by atoms with van der Waals surface area (Å²) in [6.45, 7) is 3.23. The van der Waals surface area contributed by atoms with Crippen LogP contribution in [0.5, 0.6) is 0 Å². The molecule has 148 valence electrons. The monoisotopic (exact) mass is 398 g/mol. The molecule has 0 aromatic heterocycles. The van der Waals surface area contributed by atoms with Gasteiger partial charge in [-0.25, -0.2) is 17.9 Å². The van der Waals surface area contributed by atoms with Crippen LogP contribution in [-0.2, 0) is 16.4 Å². The quantitative estimate of drug-likeness (QED) is 0.829. The Morgan fingerprint density at radius 1 is 1.11 bits per heavy atom. The largest absolute Gasteiger partial charge is 0.331 e. The molecule has 5 nitrogen and oxygen atoms in total. The molecule has 3 rings (SSSR count). The number of carbonyl (C=O) groups is 1. The van der Waals surface area contributed by atoms with E-state index in [1.165, 1.54) is 17.2 Å². The molecule has 1 heterocycles. The molecule has 0 saturated carbocycles. The fourth-order valence-electron chi connectivity index (χ4n) is 3.47. The summed E-state index contributed by atoms with van der Waals surface area (Å²) in [6.07, 6.45) is 4.22. The van der Waals surface area contributed by atoms with E-state index >= 15 is 0 Å². The molecule has 0 spiro atoms. The molecule has 0 radical (unpaired) electrons. The third-order valence-electron chi connectivity index (χ3n) is 4.98. The second-order valence-electron chi connectivity index (χ2n) is 7.29. The van der Waals surface area contributed by atoms with Gasteiger partial charge in [0.1, 0.15) is 0 Å². The lowest BCUT2D eigenvalue weighted by molar-refractivity contribution is 0.175. The fourth-order valence-corrected chi connectivity index (χ4v) is 4.24. The second-order valence-corrected chi connectivity index (χ2v) is 8.86. The van der Waals surface area contributed by atoms with Gasteiger partial charge in [-0.15, -0.1) is 0 Å². The van der Waals surface area contributed by atoms with Crippen molar-refractivity contribution in [3.63, 3.8) is 0 Å². The van der Waals surface area contributed by atoms with Crippen molar-refractivity contribution < 1.29 is 13.2 Å². The van der Waals surface area contributed by atoms with Crippen molar-refractivity contribution in [3.8, 4) is 0 Å². The minimum Gasteiger partial charge on any atom is -0.324 e. The van der Waals surface area contributed by atoms with Gasteiger partial charge in [-0.3, -0.25) is 0 Å². The molecule has 1 fully saturated rings. The van der Waals surface area contributed by atoms with Gasteiger partial charge in [0, 0.05) is 13.1 Å². The lowest BCUT2D eigenvalue weighted by atomic mass is 9.90. The highest BCUT2D eigenvalue weighted by molar-refractivity contribution is 7.93. The summed E-state index contributed by atoms with van der Waals surface area (Å²) in [6, 6.07) is 17.0. The van der Waals surface area contributed by atoms with Crippen LogP contribution in [0.2, 0.25) is 0 Å². The van der Waals surface area contributed by atoms with Gasteiger partial charge >= 0.3 is 6.03 Å². The summed E-state index contributed by atoms with van der Waals surface area (Å²) in [5, 5.41) is 1.03. The molecular weight excluding hydrogens is 372 g/mol. The number of nitrogens with zero attached hydrogens (tertiary/aromatic N) is 1. The number of hydrogen-bond acceptors (Lipinski definition) is 3. The van der Waals surface area contributed by atoms with E-state index < -0.39 is 16.1 Å². The van der Waals surface area contributed by atoms with Gasteiger partial charge in [-0.1, -0.05) is 60.2 Å². The molecule has 1 aliphatic rings. The van der Waals surface area contributed by atoms with Gasteiger partial charge in [0.25, 0.3) is 10.0 Å². The lowest BCUT2D eigenvalue weighted by Crippen LogP contribution is -2.46. The Morgan fingerprint density at radius 2 is 1.82 bits per heavy atom. The molecule has 0 aliphatic carbocycles. The molecule has 0 atom stereocenters. The Labute approximate surface area is 167 Å². The molecule has 28 heavy (non-hydrogen) atoms. The van der Waals surface area contributed by atoms with E-state index in [0.717, 1.165) is 30.2 Å². The van der Waals surface area contributed by atoms with E-state index in [1.54, 1.807) is 17.0 Å². The van der Waals surface area contributed by atoms with Crippen molar-refractivity contribution in [1.82, 2.24) is 9.62 Å². The third kappa shape index (κ3) is 5.96. The normalized spacial score (nSPS) is 15.7. The number of sulfonamides is 1. The maximum absolute atomic E-state index is 12.3. The number of carbonyl (C=O) groups excluding carboxylic acids is 1. The third-order valence-corrected chi connectivity index (χ3v) is 5.93. The van der Waals surface area contributed by atoms with Crippen LogP contribution in [0.3, 0.4) is 0 Å². The molecule has 2 amide bonds. The molecule has 6 heteroatoms. The zero-order chi connectivity index (χ0) is 20.0. The number of likely N-dealkylation sites (tertiary alicyclic amines) is 1. The standard InChI is InChI=1S/C22H26N2O3S/c1-18-6-5-9-21(16-18)17-20-10-13-24(14-11-20)22(25)23-28(26,27)15-12-19-7-3-2-4-8-19/h2-9,12,15-16,20H,10-11,13-14,17H2,1H3,(H,23,25). The first kappa shape index (κ1) is 20.1. The Kier molecular flexibility index (Phi) is 6.52. The molecule has 2 aromatic rings. The maximum atomic E-state index is 12.3. The van der Waals surface area contributed by atoms with Gasteiger partial charge < -0.3 is 4.90 Å². The minimum absolute atomic E-state index is 0.514. The van der Waals surface area contributed by atoms with Crippen molar-refractivity contribution in [2.75, 3.05) is 13.1 Å². The molecule has 0 bridgehead atoms. The minimum atomic E-state index is -3.82. The summed E-state index contributed by atoms with van der Waals surface area (Å²) in [5.74, 6) is 0.514. The van der Waals surface area contributed by atoms with E-state index in [4.69, 9.17) is 0 Å². The smallest absolute Gasteiger partial charge is 0.324 e. The van der Waals surface area contributed by atoms with E-state index in [2.05, 4.69) is 35.9 Å². The first-order valence-corrected chi connectivity index (χ1v) is 11.1. The number of urea groups is 1. The fraction of sp³-hybridized carbons (Fsp3) is 0.318. The van der Waals surface area contributed by atoms with Crippen molar-refractivity contribution in [3.05, 3.63) is 76.7 Å². The topological polar surface area (TPSA) is 66.5 Å². The summed E-state index contributed by atoms with van der Waals surface area (Å²) < 4.78 is 26.4. The first-order valence-electron chi connectivity index (χ1n) is 9.52. The number of amides is 2. The zero-order valence-electron chi connectivity index (χ0n) is 16.0. The molecular formula is C22H26N2O3S. The number of rotatable bonds is 5. The number of piperidine rings is 1. The van der Waals surface area contributed by atoms with Gasteiger partial charge in [0.2, 0.25) is 0 Å². The average molecular weight is 399 g/mol. The molecule has 1 saturated heterocycles. The molecule has 2 aromatic carbocycles. The first-order chi connectivity index (χ1) is 13.4. The predicted molar refractivity (Wildman–Crippen MR) is 112 cm³/mol. The van der Waals surface area contributed by atoms with Crippen LogP contribution < -0.4 is 4.72 Å². The van der Waals surface area contributed by atoms with Crippen LogP contribution in [0.25, 0.3) is 6.08 Å². The molecule has 1 N–H and O–H groups in total. The van der Waals surface area contributed by atoms with Crippen LogP contribution in [-0.4, -0.2) is 32.4 Å². The van der Waals surface area contributed by atoms with Crippen LogP contribution >= 0.6 is 0 Å². The van der Waals surface area contributed by atoms with E-state index in [1.807, 2.05) is 18.2 Å². The number of benzene rings is 2. The van der Waals surface area contributed by atoms with Gasteiger partial charge in [-0.2, -0.15) is 0 Å². The van der Waals surface area contributed by atoms with Crippen molar-refractivity contribution >= 4 is 22.1 Å². The van der Waals surface area contributed by atoms with Crippen molar-refractivity contribution in [1.29, 1.82) is 0 Å². The predicted octanol–water partition coefficient (Wildman–Crippen LogP) is 3.96. The van der Waals surface area contributed by atoms with E-state index in [9.17, 15) is 13.2 Å². The van der Waals surface area contributed by atoms with Crippen LogP contribution in [0.1, 0.15) is 29.5 Å². The van der Waals surface area contributed by atoms with Crippen LogP contribution in [0.15, 0.2) is 60.0 Å². The number of aryl methyl sites for hydroxylation is 1. The lowest BCUT2D eigenvalue weighted by Gasteiger charge is -2.31. The Hall–Kier alpha value is -2.60. The van der Waals surface area contributed by atoms with Crippen molar-refractivity contribution in [2.24, 2.45) is 5.92 Å². The number of hydrogen-bond donors (Lipinski definition) is 1. The van der Waals surface area contributed by atoms with Crippen LogP contribution in [0.4, 0.5) is 4.79 Å². The second kappa shape index (κ2) is 9.06. The molecule has 0 unspecified atom stereocenters. The zero-order valence-corrected chi connectivity index (χ0v) is 16.9. The van der Waals surface area contributed by atoms with E-state index in [0.29, 0.717) is 19.0 Å². The van der Waals surface area contributed by atoms with Gasteiger partial charge in [-0.05, 0) is 49.3 Å². The maximum Gasteiger partial charge on any atom is 0.331 e. The SMILES string of the molecule is Cc1cccc(CC2CCN(C(=O)NS(=O)(=O)C=Cc3ccccc3)CC2)c1. The van der Waals surface area contributed by atoms with Crippen molar-refractivity contribution in [2.45, 2.75) is 26.2 Å². The highest BCUT2D eigenvalue weighted by Crippen LogP contribution is 2.22. The van der Waals surface area contributed by atoms with Gasteiger partial charge in [0.15, 0.2) is 0 Å². The average Bonchev–Trinajstić information content (AvgIpc) is 2.67.